The van der Waals surface area contributed by atoms with Gasteiger partial charge >= 0.3 is 0 Å². The summed E-state index contributed by atoms with van der Waals surface area (Å²) in [5.41, 5.74) is -1.21. The second-order valence-corrected chi connectivity index (χ2v) is 5.29. The topological polar surface area (TPSA) is 49.3 Å². The van der Waals surface area contributed by atoms with Crippen LogP contribution in [0.4, 0.5) is 13.2 Å². The van der Waals surface area contributed by atoms with Gasteiger partial charge in [0.2, 0.25) is 0 Å². The zero-order valence-electron chi connectivity index (χ0n) is 10.9. The van der Waals surface area contributed by atoms with Gasteiger partial charge in [0.25, 0.3) is 5.91 Å². The van der Waals surface area contributed by atoms with Crippen LogP contribution in [0.1, 0.15) is 36.0 Å². The summed E-state index contributed by atoms with van der Waals surface area (Å²) in [6.45, 7) is 0.0697. The third kappa shape index (κ3) is 2.95. The van der Waals surface area contributed by atoms with Crippen molar-refractivity contribution in [2.45, 2.75) is 25.7 Å². The third-order valence-corrected chi connectivity index (χ3v) is 3.86. The Kier molecular flexibility index (Phi) is 4.32. The molecule has 0 spiro atoms. The predicted molar refractivity (Wildman–Crippen MR) is 66.6 cm³/mol. The molecule has 2 rings (SSSR count). The van der Waals surface area contributed by atoms with Crippen molar-refractivity contribution in [1.29, 1.82) is 0 Å². The van der Waals surface area contributed by atoms with Crippen LogP contribution >= 0.6 is 0 Å². The molecule has 6 heteroatoms. The smallest absolute Gasteiger partial charge is 0.257 e. The van der Waals surface area contributed by atoms with Gasteiger partial charge in [-0.1, -0.05) is 12.8 Å². The third-order valence-electron chi connectivity index (χ3n) is 3.86. The maximum Gasteiger partial charge on any atom is 0.257 e. The van der Waals surface area contributed by atoms with Gasteiger partial charge in [-0.05, 0) is 12.8 Å². The Labute approximate surface area is 114 Å². The number of nitrogens with one attached hydrogen (secondary N) is 1. The molecule has 1 aromatic carbocycles. The molecule has 2 N–H and O–H groups in total. The number of hydrogen-bond donors (Lipinski definition) is 2. The van der Waals surface area contributed by atoms with Gasteiger partial charge in [-0.25, -0.2) is 13.2 Å². The van der Waals surface area contributed by atoms with Gasteiger partial charge in [0.1, 0.15) is 23.0 Å². The minimum Gasteiger partial charge on any atom is -0.396 e. The Morgan fingerprint density at radius 2 is 1.75 bits per heavy atom. The molecule has 1 aromatic rings. The highest BCUT2D eigenvalue weighted by atomic mass is 19.1. The van der Waals surface area contributed by atoms with Gasteiger partial charge in [-0.15, -0.1) is 0 Å². The number of amides is 1. The van der Waals surface area contributed by atoms with E-state index in [0.29, 0.717) is 12.1 Å². The van der Waals surface area contributed by atoms with E-state index in [1.165, 1.54) is 0 Å². The Morgan fingerprint density at radius 1 is 1.20 bits per heavy atom. The van der Waals surface area contributed by atoms with Crippen LogP contribution in [0.3, 0.4) is 0 Å². The number of benzene rings is 1. The number of rotatable bonds is 4. The fraction of sp³-hybridized carbons (Fsp3) is 0.500. The number of hydrogen-bond acceptors (Lipinski definition) is 2. The van der Waals surface area contributed by atoms with Crippen LogP contribution in [0.25, 0.3) is 0 Å². The maximum absolute atomic E-state index is 13.4. The van der Waals surface area contributed by atoms with Crippen molar-refractivity contribution in [2.75, 3.05) is 13.2 Å². The van der Waals surface area contributed by atoms with Crippen molar-refractivity contribution >= 4 is 5.91 Å². The molecule has 1 saturated carbocycles. The second kappa shape index (κ2) is 5.83. The highest BCUT2D eigenvalue weighted by molar-refractivity contribution is 5.94. The zero-order chi connectivity index (χ0) is 14.8. The normalized spacial score (nSPS) is 17.2. The van der Waals surface area contributed by atoms with E-state index in [4.69, 9.17) is 0 Å². The van der Waals surface area contributed by atoms with Crippen molar-refractivity contribution in [3.63, 3.8) is 0 Å². The first kappa shape index (κ1) is 14.8. The predicted octanol–water partition coefficient (Wildman–Crippen LogP) is 2.39. The zero-order valence-corrected chi connectivity index (χ0v) is 10.9. The van der Waals surface area contributed by atoms with E-state index < -0.39 is 34.3 Å². The average molecular weight is 287 g/mol. The molecule has 0 aliphatic heterocycles. The summed E-state index contributed by atoms with van der Waals surface area (Å²) in [5.74, 6) is -4.46. The standard InChI is InChI=1S/C14H16F3NO2/c15-9-5-10(16)12(11(17)6-9)13(20)18-7-14(8-19)3-1-2-4-14/h5-6,19H,1-4,7-8H2,(H,18,20). The molecule has 0 saturated heterocycles. The van der Waals surface area contributed by atoms with E-state index >= 15 is 0 Å². The lowest BCUT2D eigenvalue weighted by molar-refractivity contribution is 0.0872. The molecule has 0 radical (unpaired) electrons. The number of carbonyl (C=O) groups is 1. The summed E-state index contributed by atoms with van der Waals surface area (Å²) < 4.78 is 39.7. The molecule has 0 bridgehead atoms. The van der Waals surface area contributed by atoms with E-state index in [2.05, 4.69) is 5.32 Å². The van der Waals surface area contributed by atoms with Gasteiger partial charge < -0.3 is 10.4 Å². The van der Waals surface area contributed by atoms with Crippen LogP contribution in [0.2, 0.25) is 0 Å². The van der Waals surface area contributed by atoms with E-state index in [1.54, 1.807) is 0 Å². The average Bonchev–Trinajstić information content (AvgIpc) is 2.84. The van der Waals surface area contributed by atoms with Gasteiger partial charge in [0.15, 0.2) is 0 Å². The first-order chi connectivity index (χ1) is 9.47. The number of carbonyl (C=O) groups excluding carboxylic acids is 1. The SMILES string of the molecule is O=C(NCC1(CO)CCCC1)c1c(F)cc(F)cc1F. The molecule has 20 heavy (non-hydrogen) atoms. The van der Waals surface area contributed by atoms with Gasteiger partial charge in [0.05, 0.1) is 6.61 Å². The summed E-state index contributed by atoms with van der Waals surface area (Å²) in [6.07, 6.45) is 3.43. The molecule has 0 unspecified atom stereocenters. The van der Waals surface area contributed by atoms with Gasteiger partial charge in [-0.3, -0.25) is 4.79 Å². The van der Waals surface area contributed by atoms with Gasteiger partial charge in [0, 0.05) is 24.1 Å². The van der Waals surface area contributed by atoms with Crippen molar-refractivity contribution < 1.29 is 23.1 Å². The first-order valence-electron chi connectivity index (χ1n) is 6.51. The molecular weight excluding hydrogens is 271 g/mol. The van der Waals surface area contributed by atoms with Crippen molar-refractivity contribution in [2.24, 2.45) is 5.41 Å². The molecule has 1 amide bonds. The largest absolute Gasteiger partial charge is 0.396 e. The Morgan fingerprint density at radius 3 is 2.25 bits per heavy atom. The molecule has 0 aromatic heterocycles. The highest BCUT2D eigenvalue weighted by Gasteiger charge is 2.34. The summed E-state index contributed by atoms with van der Waals surface area (Å²) in [5, 5.41) is 11.8. The molecule has 1 aliphatic rings. The van der Waals surface area contributed by atoms with Crippen LogP contribution in [0, 0.1) is 22.9 Å². The lowest BCUT2D eigenvalue weighted by Gasteiger charge is -2.26. The van der Waals surface area contributed by atoms with Crippen LogP contribution in [-0.4, -0.2) is 24.2 Å². The lowest BCUT2D eigenvalue weighted by Crippen LogP contribution is -2.38. The van der Waals surface area contributed by atoms with E-state index in [0.717, 1.165) is 25.7 Å². The second-order valence-electron chi connectivity index (χ2n) is 5.29. The van der Waals surface area contributed by atoms with Crippen LogP contribution in [0.15, 0.2) is 12.1 Å². The highest BCUT2D eigenvalue weighted by Crippen LogP contribution is 2.36. The first-order valence-corrected chi connectivity index (χ1v) is 6.51. The summed E-state index contributed by atoms with van der Waals surface area (Å²) in [4.78, 5) is 11.8. The fourth-order valence-corrected chi connectivity index (χ4v) is 2.63. The lowest BCUT2D eigenvalue weighted by atomic mass is 9.87. The number of aliphatic hydroxyl groups excluding tert-OH is 1. The fourth-order valence-electron chi connectivity index (χ4n) is 2.63. The van der Waals surface area contributed by atoms with Crippen LogP contribution < -0.4 is 5.32 Å². The minimum atomic E-state index is -1.23. The molecule has 0 heterocycles. The summed E-state index contributed by atoms with van der Waals surface area (Å²) in [7, 11) is 0. The van der Waals surface area contributed by atoms with E-state index in [1.807, 2.05) is 0 Å². The van der Waals surface area contributed by atoms with E-state index in [9.17, 15) is 23.1 Å². The summed E-state index contributed by atoms with van der Waals surface area (Å²) >= 11 is 0. The van der Waals surface area contributed by atoms with Crippen molar-refractivity contribution in [1.82, 2.24) is 5.32 Å². The number of aliphatic hydroxyl groups is 1. The van der Waals surface area contributed by atoms with Crippen molar-refractivity contribution in [3.05, 3.63) is 35.1 Å². The number of halogens is 3. The Balaban J connectivity index is 2.09. The molecule has 1 aliphatic carbocycles. The molecule has 0 atom stereocenters. The van der Waals surface area contributed by atoms with Crippen LogP contribution in [0.5, 0.6) is 0 Å². The monoisotopic (exact) mass is 287 g/mol. The molecule has 3 nitrogen and oxygen atoms in total. The van der Waals surface area contributed by atoms with Crippen LogP contribution in [-0.2, 0) is 0 Å². The van der Waals surface area contributed by atoms with Crippen molar-refractivity contribution in [3.8, 4) is 0 Å². The minimum absolute atomic E-state index is 0.0817. The Hall–Kier alpha value is -1.56. The molecule has 110 valence electrons. The van der Waals surface area contributed by atoms with Gasteiger partial charge in [-0.2, -0.15) is 0 Å². The Bertz CT molecular complexity index is 490. The van der Waals surface area contributed by atoms with E-state index in [-0.39, 0.29) is 13.2 Å². The maximum atomic E-state index is 13.4. The summed E-state index contributed by atoms with van der Waals surface area (Å²) in [6, 6.07) is 0.935. The quantitative estimate of drug-likeness (QED) is 0.893. The molecule has 1 fully saturated rings. The molecular formula is C14H16F3NO2.